The van der Waals surface area contributed by atoms with Crippen molar-refractivity contribution in [1.29, 1.82) is 0 Å². The zero-order valence-electron chi connectivity index (χ0n) is 44.6. The number of rotatable bonds is 50. The van der Waals surface area contributed by atoms with Gasteiger partial charge in [0.15, 0.2) is 6.29 Å². The topological polar surface area (TPSA) is 189 Å². The molecule has 1 fully saturated rings. The molecule has 0 bridgehead atoms. The van der Waals surface area contributed by atoms with Crippen molar-refractivity contribution in [2.45, 2.75) is 326 Å². The SMILES string of the molecule is CCCCCCCCCC/C=C/CCCC(O)C(O)C(COC1OC(CO)C(O)C(O)C1O)NC(=O)C(O)CCCCCCCCCCCCCCC/C=C\CCCCCCCCCCCCCC. The third-order valence-electron chi connectivity index (χ3n) is 14.2. The first-order valence-electron chi connectivity index (χ1n) is 29.2. The molecule has 0 aromatic carbocycles. The summed E-state index contributed by atoms with van der Waals surface area (Å²) in [6.45, 7) is 3.45. The van der Waals surface area contributed by atoms with Crippen LogP contribution in [0.5, 0.6) is 0 Å². The van der Waals surface area contributed by atoms with Crippen molar-refractivity contribution in [2.24, 2.45) is 0 Å². The molecule has 1 rings (SSSR count). The van der Waals surface area contributed by atoms with E-state index in [1.54, 1.807) is 0 Å². The number of ether oxygens (including phenoxy) is 2. The van der Waals surface area contributed by atoms with Crippen LogP contribution >= 0.6 is 0 Å². The Morgan fingerprint density at radius 3 is 1.25 bits per heavy atom. The normalized spacial score (nSPS) is 20.5. The predicted octanol–water partition coefficient (Wildman–Crippen LogP) is 12.1. The fourth-order valence-corrected chi connectivity index (χ4v) is 9.44. The average molecular weight is 983 g/mol. The van der Waals surface area contributed by atoms with Gasteiger partial charge in [-0.1, -0.05) is 231 Å². The first-order chi connectivity index (χ1) is 33.7. The van der Waals surface area contributed by atoms with Crippen LogP contribution in [0.3, 0.4) is 0 Å². The Morgan fingerprint density at radius 1 is 0.493 bits per heavy atom. The summed E-state index contributed by atoms with van der Waals surface area (Å²) in [5.74, 6) is -0.704. The third kappa shape index (κ3) is 36.2. The average Bonchev–Trinajstić information content (AvgIpc) is 3.35. The van der Waals surface area contributed by atoms with E-state index in [0.29, 0.717) is 12.8 Å². The summed E-state index contributed by atoms with van der Waals surface area (Å²) >= 11 is 0. The molecule has 1 heterocycles. The molecule has 8 N–H and O–H groups in total. The minimum atomic E-state index is -1.67. The van der Waals surface area contributed by atoms with Crippen LogP contribution < -0.4 is 5.32 Å². The second kappa shape index (κ2) is 47.6. The van der Waals surface area contributed by atoms with E-state index in [0.717, 1.165) is 38.5 Å². The zero-order chi connectivity index (χ0) is 50.4. The van der Waals surface area contributed by atoms with E-state index in [2.05, 4.69) is 43.5 Å². The van der Waals surface area contributed by atoms with Crippen molar-refractivity contribution >= 4 is 5.91 Å². The van der Waals surface area contributed by atoms with Gasteiger partial charge in [-0.25, -0.2) is 0 Å². The summed E-state index contributed by atoms with van der Waals surface area (Å²) < 4.78 is 11.1. The summed E-state index contributed by atoms with van der Waals surface area (Å²) in [6.07, 6.45) is 45.4. The van der Waals surface area contributed by atoms with Crippen molar-refractivity contribution in [1.82, 2.24) is 5.32 Å². The summed E-state index contributed by atoms with van der Waals surface area (Å²) in [5.41, 5.74) is 0. The second-order valence-corrected chi connectivity index (χ2v) is 20.7. The van der Waals surface area contributed by atoms with Crippen molar-refractivity contribution in [3.63, 3.8) is 0 Å². The van der Waals surface area contributed by atoms with E-state index in [9.17, 15) is 40.5 Å². The Balaban J connectivity index is 2.24. The maximum Gasteiger partial charge on any atom is 0.249 e. The molecule has 9 unspecified atom stereocenters. The van der Waals surface area contributed by atoms with Gasteiger partial charge in [0.2, 0.25) is 5.91 Å². The van der Waals surface area contributed by atoms with Crippen molar-refractivity contribution in [2.75, 3.05) is 13.2 Å². The van der Waals surface area contributed by atoms with Crippen molar-refractivity contribution in [3.8, 4) is 0 Å². The molecule has 1 aliphatic heterocycles. The van der Waals surface area contributed by atoms with Gasteiger partial charge < -0.3 is 50.5 Å². The number of amides is 1. The van der Waals surface area contributed by atoms with Gasteiger partial charge in [-0.2, -0.15) is 0 Å². The molecule has 0 spiro atoms. The Bertz CT molecular complexity index is 1170. The Morgan fingerprint density at radius 2 is 0.855 bits per heavy atom. The van der Waals surface area contributed by atoms with Crippen LogP contribution in [0.25, 0.3) is 0 Å². The van der Waals surface area contributed by atoms with Crippen LogP contribution in [0, 0.1) is 0 Å². The molecule has 408 valence electrons. The van der Waals surface area contributed by atoms with Crippen LogP contribution in [0.1, 0.15) is 271 Å². The lowest BCUT2D eigenvalue weighted by molar-refractivity contribution is -0.303. The number of carbonyl (C=O) groups excluding carboxylic acids is 1. The van der Waals surface area contributed by atoms with Gasteiger partial charge in [0, 0.05) is 0 Å². The van der Waals surface area contributed by atoms with E-state index in [1.165, 1.54) is 193 Å². The van der Waals surface area contributed by atoms with Gasteiger partial charge in [-0.05, 0) is 64.2 Å². The fraction of sp³-hybridized carbons (Fsp3) is 0.914. The van der Waals surface area contributed by atoms with Crippen LogP contribution in [-0.2, 0) is 14.3 Å². The molecule has 1 amide bonds. The summed E-state index contributed by atoms with van der Waals surface area (Å²) in [5, 5.41) is 75.9. The number of aliphatic hydroxyl groups is 7. The molecular formula is C58H111NO10. The van der Waals surface area contributed by atoms with Gasteiger partial charge in [0.25, 0.3) is 0 Å². The summed E-state index contributed by atoms with van der Waals surface area (Å²) in [4.78, 5) is 13.2. The highest BCUT2D eigenvalue weighted by molar-refractivity contribution is 5.80. The highest BCUT2D eigenvalue weighted by Gasteiger charge is 2.44. The van der Waals surface area contributed by atoms with E-state index in [-0.39, 0.29) is 12.8 Å². The molecule has 11 nitrogen and oxygen atoms in total. The first-order valence-corrected chi connectivity index (χ1v) is 29.2. The minimum Gasteiger partial charge on any atom is -0.394 e. The smallest absolute Gasteiger partial charge is 0.249 e. The molecule has 0 aliphatic carbocycles. The van der Waals surface area contributed by atoms with E-state index >= 15 is 0 Å². The number of unbranched alkanes of at least 4 members (excludes halogenated alkanes) is 34. The van der Waals surface area contributed by atoms with Crippen LogP contribution in [0.4, 0.5) is 0 Å². The molecule has 0 aromatic rings. The maximum absolute atomic E-state index is 13.2. The number of nitrogens with one attached hydrogen (secondary N) is 1. The standard InChI is InChI=1S/C58H111NO10/c1-3-5-7-9-11-13-15-17-18-19-20-21-22-23-24-25-26-27-28-29-30-31-32-34-36-38-40-42-44-46-51(62)57(67)59-49(48-68-58-56(66)55(65)54(64)52(47-60)69-58)53(63)50(61)45-43-41-39-37-35-33-16-14-12-10-8-6-4-2/h23-24,37,39,49-56,58,60-66H,3-22,25-36,38,40-48H2,1-2H3,(H,59,67)/b24-23-,39-37+. The molecule has 1 saturated heterocycles. The number of aliphatic hydroxyl groups excluding tert-OH is 7. The first kappa shape index (κ1) is 65.6. The minimum absolute atomic E-state index is 0.256. The fourth-order valence-electron chi connectivity index (χ4n) is 9.44. The molecule has 9 atom stereocenters. The van der Waals surface area contributed by atoms with Gasteiger partial charge in [-0.15, -0.1) is 0 Å². The van der Waals surface area contributed by atoms with Gasteiger partial charge in [-0.3, -0.25) is 4.79 Å². The Hall–Kier alpha value is -1.41. The third-order valence-corrected chi connectivity index (χ3v) is 14.2. The lowest BCUT2D eigenvalue weighted by Gasteiger charge is -2.40. The predicted molar refractivity (Wildman–Crippen MR) is 284 cm³/mol. The van der Waals surface area contributed by atoms with E-state index in [1.807, 2.05) is 0 Å². The van der Waals surface area contributed by atoms with Gasteiger partial charge in [0.05, 0.1) is 25.4 Å². The van der Waals surface area contributed by atoms with Crippen molar-refractivity contribution < 1.29 is 50.0 Å². The second-order valence-electron chi connectivity index (χ2n) is 20.7. The highest BCUT2D eigenvalue weighted by atomic mass is 16.7. The Kier molecular flexibility index (Phi) is 45.2. The quantitative estimate of drug-likeness (QED) is 0.0215. The molecular weight excluding hydrogens is 871 g/mol. The number of carbonyl (C=O) groups is 1. The molecule has 11 heteroatoms. The van der Waals surface area contributed by atoms with Gasteiger partial charge >= 0.3 is 0 Å². The summed E-state index contributed by atoms with van der Waals surface area (Å²) in [7, 11) is 0. The lowest BCUT2D eigenvalue weighted by Crippen LogP contribution is -2.60. The maximum atomic E-state index is 13.2. The number of allylic oxidation sites excluding steroid dienone is 4. The summed E-state index contributed by atoms with van der Waals surface area (Å²) in [6, 6.07) is -1.18. The highest BCUT2D eigenvalue weighted by Crippen LogP contribution is 2.23. The molecule has 0 aromatic heterocycles. The van der Waals surface area contributed by atoms with E-state index < -0.39 is 74.2 Å². The molecule has 0 radical (unpaired) electrons. The molecule has 0 saturated carbocycles. The van der Waals surface area contributed by atoms with Crippen LogP contribution in [0.2, 0.25) is 0 Å². The van der Waals surface area contributed by atoms with Crippen LogP contribution in [0.15, 0.2) is 24.3 Å². The largest absolute Gasteiger partial charge is 0.394 e. The molecule has 69 heavy (non-hydrogen) atoms. The zero-order valence-corrected chi connectivity index (χ0v) is 44.6. The van der Waals surface area contributed by atoms with Gasteiger partial charge in [0.1, 0.15) is 36.6 Å². The Labute approximate surface area is 423 Å². The van der Waals surface area contributed by atoms with Crippen LogP contribution in [-0.4, -0.2) is 110 Å². The monoisotopic (exact) mass is 982 g/mol. The number of hydrogen-bond donors (Lipinski definition) is 8. The van der Waals surface area contributed by atoms with Crippen molar-refractivity contribution in [3.05, 3.63) is 24.3 Å². The molecule has 1 aliphatic rings. The number of hydrogen-bond acceptors (Lipinski definition) is 10. The lowest BCUT2D eigenvalue weighted by atomic mass is 9.98. The van der Waals surface area contributed by atoms with E-state index in [4.69, 9.17) is 9.47 Å².